The molecule has 0 fully saturated rings. The van der Waals surface area contributed by atoms with Gasteiger partial charge in [0.1, 0.15) is 5.15 Å². The van der Waals surface area contributed by atoms with Gasteiger partial charge < -0.3 is 16.0 Å². The molecule has 29 heavy (non-hydrogen) atoms. The number of aromatic nitrogens is 3. The second-order valence-corrected chi connectivity index (χ2v) is 7.28. The Hall–Kier alpha value is -3.15. The lowest BCUT2D eigenvalue weighted by Crippen LogP contribution is -2.31. The third kappa shape index (κ3) is 4.83. The molecular weight excluding hydrogens is 382 g/mol. The van der Waals surface area contributed by atoms with E-state index in [-0.39, 0.29) is 6.04 Å². The van der Waals surface area contributed by atoms with E-state index in [2.05, 4.69) is 32.4 Å². The summed E-state index contributed by atoms with van der Waals surface area (Å²) in [4.78, 5) is 11.6. The van der Waals surface area contributed by atoms with E-state index in [1.807, 2.05) is 48.7 Å². The van der Waals surface area contributed by atoms with Gasteiger partial charge in [-0.05, 0) is 41.8 Å². The van der Waals surface area contributed by atoms with E-state index in [9.17, 15) is 0 Å². The molecule has 3 heterocycles. The van der Waals surface area contributed by atoms with Crippen LogP contribution in [0.2, 0.25) is 5.15 Å². The Morgan fingerprint density at radius 2 is 1.97 bits per heavy atom. The Kier molecular flexibility index (Phi) is 5.89. The fourth-order valence-electron chi connectivity index (χ4n) is 3.24. The highest BCUT2D eigenvalue weighted by atomic mass is 35.5. The second-order valence-electron chi connectivity index (χ2n) is 6.92. The topological polar surface area (TPSA) is 79.6 Å². The van der Waals surface area contributed by atoms with Crippen LogP contribution >= 0.6 is 11.6 Å². The van der Waals surface area contributed by atoms with Crippen molar-refractivity contribution in [1.82, 2.24) is 15.0 Å². The summed E-state index contributed by atoms with van der Waals surface area (Å²) in [6.45, 7) is 0.635. The van der Waals surface area contributed by atoms with Gasteiger partial charge in [0.05, 0.1) is 11.9 Å². The van der Waals surface area contributed by atoms with Crippen LogP contribution in [-0.4, -0.2) is 27.5 Å². The van der Waals surface area contributed by atoms with Crippen molar-refractivity contribution in [3.05, 3.63) is 89.1 Å². The minimum absolute atomic E-state index is 0.0271. The van der Waals surface area contributed by atoms with Crippen LogP contribution < -0.4 is 11.1 Å². The Labute approximate surface area is 174 Å². The van der Waals surface area contributed by atoms with Crippen molar-refractivity contribution in [2.45, 2.75) is 12.5 Å². The number of hydrogen-bond donors (Lipinski definition) is 3. The summed E-state index contributed by atoms with van der Waals surface area (Å²) in [7, 11) is 0. The first-order chi connectivity index (χ1) is 14.2. The van der Waals surface area contributed by atoms with Crippen molar-refractivity contribution >= 4 is 40.3 Å². The van der Waals surface area contributed by atoms with Gasteiger partial charge in [0, 0.05) is 47.6 Å². The minimum Gasteiger partial charge on any atom is -0.382 e. The van der Waals surface area contributed by atoms with Crippen LogP contribution in [0.4, 0.5) is 5.69 Å². The van der Waals surface area contributed by atoms with Gasteiger partial charge in [0.2, 0.25) is 0 Å². The van der Waals surface area contributed by atoms with Crippen LogP contribution in [0.5, 0.6) is 0 Å². The van der Waals surface area contributed by atoms with E-state index in [0.29, 0.717) is 11.7 Å². The highest BCUT2D eigenvalue weighted by Crippen LogP contribution is 2.21. The second kappa shape index (κ2) is 8.90. The molecule has 6 heteroatoms. The zero-order chi connectivity index (χ0) is 20.1. The SMILES string of the molecule is N[C@H](CNc1cnc(Cl)c(/C=C/c2ccncc2)c1)Cc1c[nH]c2ccccc12. The number of para-hydroxylation sites is 1. The molecule has 0 aliphatic carbocycles. The van der Waals surface area contributed by atoms with Gasteiger partial charge in [-0.3, -0.25) is 4.98 Å². The zero-order valence-electron chi connectivity index (χ0n) is 15.8. The van der Waals surface area contributed by atoms with Gasteiger partial charge in [-0.2, -0.15) is 0 Å². The molecule has 0 saturated carbocycles. The van der Waals surface area contributed by atoms with E-state index < -0.39 is 0 Å². The first-order valence-corrected chi connectivity index (χ1v) is 9.85. The summed E-state index contributed by atoms with van der Waals surface area (Å²) in [6.07, 6.45) is 12.0. The van der Waals surface area contributed by atoms with E-state index in [1.54, 1.807) is 18.6 Å². The number of halogens is 1. The summed E-state index contributed by atoms with van der Waals surface area (Å²) >= 11 is 6.24. The van der Waals surface area contributed by atoms with Gasteiger partial charge in [0.15, 0.2) is 0 Å². The Balaban J connectivity index is 1.40. The van der Waals surface area contributed by atoms with Crippen molar-refractivity contribution in [3.63, 3.8) is 0 Å². The lowest BCUT2D eigenvalue weighted by atomic mass is 10.1. The van der Waals surface area contributed by atoms with E-state index in [4.69, 9.17) is 17.3 Å². The number of anilines is 1. The molecule has 0 aliphatic heterocycles. The normalized spacial score (nSPS) is 12.5. The third-order valence-corrected chi connectivity index (χ3v) is 5.07. The lowest BCUT2D eigenvalue weighted by Gasteiger charge is -2.14. The molecule has 5 nitrogen and oxygen atoms in total. The van der Waals surface area contributed by atoms with Crippen LogP contribution in [0, 0.1) is 0 Å². The average molecular weight is 404 g/mol. The number of nitrogens with one attached hydrogen (secondary N) is 2. The molecule has 1 atom stereocenters. The van der Waals surface area contributed by atoms with E-state index >= 15 is 0 Å². The largest absolute Gasteiger partial charge is 0.382 e. The molecule has 146 valence electrons. The van der Waals surface area contributed by atoms with Crippen molar-refractivity contribution < 1.29 is 0 Å². The summed E-state index contributed by atoms with van der Waals surface area (Å²) in [6, 6.07) is 14.1. The molecule has 0 unspecified atom stereocenters. The lowest BCUT2D eigenvalue weighted by molar-refractivity contribution is 0.702. The Morgan fingerprint density at radius 3 is 2.83 bits per heavy atom. The van der Waals surface area contributed by atoms with Crippen LogP contribution in [-0.2, 0) is 6.42 Å². The predicted octanol–water partition coefficient (Wildman–Crippen LogP) is 4.76. The van der Waals surface area contributed by atoms with E-state index in [0.717, 1.165) is 28.8 Å². The number of aromatic amines is 1. The molecule has 4 aromatic rings. The maximum Gasteiger partial charge on any atom is 0.136 e. The molecule has 0 bridgehead atoms. The zero-order valence-corrected chi connectivity index (χ0v) is 16.6. The van der Waals surface area contributed by atoms with Crippen LogP contribution in [0.25, 0.3) is 23.1 Å². The number of pyridine rings is 2. The monoisotopic (exact) mass is 403 g/mol. The molecule has 3 aromatic heterocycles. The summed E-state index contributed by atoms with van der Waals surface area (Å²) in [5.74, 6) is 0. The highest BCUT2D eigenvalue weighted by Gasteiger charge is 2.09. The molecular formula is C23H22ClN5. The van der Waals surface area contributed by atoms with Crippen LogP contribution in [0.1, 0.15) is 16.7 Å². The maximum atomic E-state index is 6.36. The fraction of sp³-hybridized carbons (Fsp3) is 0.130. The van der Waals surface area contributed by atoms with Crippen LogP contribution in [0.15, 0.2) is 67.3 Å². The van der Waals surface area contributed by atoms with Gasteiger partial charge in [0.25, 0.3) is 0 Å². The average Bonchev–Trinajstić information content (AvgIpc) is 3.16. The quantitative estimate of drug-likeness (QED) is 0.388. The Morgan fingerprint density at radius 1 is 1.14 bits per heavy atom. The smallest absolute Gasteiger partial charge is 0.136 e. The standard InChI is InChI=1S/C23H22ClN5/c24-23-17(6-5-16-7-9-26-10-8-16)12-20(15-29-23)27-14-19(25)11-18-13-28-22-4-2-1-3-21(18)22/h1-10,12-13,15,19,27-28H,11,14,25H2/b6-5+/t19-/m0/s1. The molecule has 4 rings (SSSR count). The van der Waals surface area contributed by atoms with E-state index in [1.165, 1.54) is 10.9 Å². The highest BCUT2D eigenvalue weighted by molar-refractivity contribution is 6.31. The number of rotatable bonds is 7. The number of hydrogen-bond acceptors (Lipinski definition) is 4. The molecule has 0 amide bonds. The molecule has 0 saturated heterocycles. The van der Waals surface area contributed by atoms with Gasteiger partial charge in [-0.25, -0.2) is 4.98 Å². The van der Waals surface area contributed by atoms with Gasteiger partial charge in [-0.1, -0.05) is 42.0 Å². The number of H-pyrrole nitrogens is 1. The van der Waals surface area contributed by atoms with Gasteiger partial charge in [-0.15, -0.1) is 0 Å². The Bertz CT molecular complexity index is 1120. The van der Waals surface area contributed by atoms with Crippen molar-refractivity contribution in [3.8, 4) is 0 Å². The summed E-state index contributed by atoms with van der Waals surface area (Å²) in [5, 5.41) is 5.05. The third-order valence-electron chi connectivity index (χ3n) is 4.75. The molecule has 1 aromatic carbocycles. The first-order valence-electron chi connectivity index (χ1n) is 9.47. The van der Waals surface area contributed by atoms with Crippen molar-refractivity contribution in [1.29, 1.82) is 0 Å². The van der Waals surface area contributed by atoms with Gasteiger partial charge >= 0.3 is 0 Å². The summed E-state index contributed by atoms with van der Waals surface area (Å²) < 4.78 is 0. The minimum atomic E-state index is -0.0271. The predicted molar refractivity (Wildman–Crippen MR) is 121 cm³/mol. The summed E-state index contributed by atoms with van der Waals surface area (Å²) in [5.41, 5.74) is 11.5. The van der Waals surface area contributed by atoms with Crippen LogP contribution in [0.3, 0.4) is 0 Å². The number of nitrogens with zero attached hydrogens (tertiary/aromatic N) is 2. The maximum absolute atomic E-state index is 6.36. The number of fused-ring (bicyclic) bond motifs is 1. The van der Waals surface area contributed by atoms with Crippen molar-refractivity contribution in [2.24, 2.45) is 5.73 Å². The molecule has 0 aliphatic rings. The number of benzene rings is 1. The number of nitrogens with two attached hydrogens (primary N) is 1. The fourth-order valence-corrected chi connectivity index (χ4v) is 3.41. The molecule has 0 spiro atoms. The van der Waals surface area contributed by atoms with Crippen molar-refractivity contribution in [2.75, 3.05) is 11.9 Å². The molecule has 0 radical (unpaired) electrons. The molecule has 4 N–H and O–H groups in total. The first kappa shape index (κ1) is 19.2.